The molecule has 0 fully saturated rings. The summed E-state index contributed by atoms with van der Waals surface area (Å²) in [6.45, 7) is 0. The smallest absolute Gasteiger partial charge is 0.138 e. The topological polar surface area (TPSA) is 86.0 Å². The minimum atomic E-state index is -0.254. The molecule has 0 atom stereocenters. The summed E-state index contributed by atoms with van der Waals surface area (Å²) in [5.41, 5.74) is 7.38. The molecule has 0 saturated carbocycles. The van der Waals surface area contributed by atoms with E-state index in [4.69, 9.17) is 0 Å². The highest BCUT2D eigenvalue weighted by atomic mass is 19.1. The van der Waals surface area contributed by atoms with Gasteiger partial charge in [0.1, 0.15) is 17.2 Å². The summed E-state index contributed by atoms with van der Waals surface area (Å²) in [6, 6.07) is 16.6. The van der Waals surface area contributed by atoms with Crippen molar-refractivity contribution in [3.05, 3.63) is 79.0 Å². The van der Waals surface area contributed by atoms with Gasteiger partial charge in [0.05, 0.1) is 17.4 Å². The van der Waals surface area contributed by atoms with Crippen LogP contribution >= 0.6 is 0 Å². The van der Waals surface area contributed by atoms with E-state index in [0.717, 1.165) is 55.6 Å². The lowest BCUT2D eigenvalue weighted by atomic mass is 10.0. The minimum absolute atomic E-state index is 0.254. The van der Waals surface area contributed by atoms with Crippen LogP contribution < -0.4 is 0 Å². The summed E-state index contributed by atoms with van der Waals surface area (Å²) in [5, 5.41) is 16.5. The van der Waals surface area contributed by atoms with Crippen LogP contribution in [-0.2, 0) is 0 Å². The third-order valence-electron chi connectivity index (χ3n) is 5.34. The first-order chi connectivity index (χ1) is 14.8. The molecule has 6 nitrogen and oxygen atoms in total. The zero-order valence-corrected chi connectivity index (χ0v) is 15.6. The van der Waals surface area contributed by atoms with E-state index in [9.17, 15) is 4.39 Å². The standard InChI is InChI=1S/C23H15FN6/c24-16-4-1-13(2-5-16)17-7-8-25-23-18(17)10-21(28-23)22-19-9-14(15-11-26-27-12-15)3-6-20(19)29-30-22/h1-12H,(H,25,28)(H,26,27)(H,29,30). The molecule has 2 aromatic carbocycles. The lowest BCUT2D eigenvalue weighted by Crippen LogP contribution is -1.82. The molecule has 0 aliphatic carbocycles. The minimum Gasteiger partial charge on any atom is -0.338 e. The monoisotopic (exact) mass is 394 g/mol. The predicted molar refractivity (Wildman–Crippen MR) is 114 cm³/mol. The number of aromatic amines is 3. The van der Waals surface area contributed by atoms with Gasteiger partial charge in [-0.3, -0.25) is 10.2 Å². The van der Waals surface area contributed by atoms with Gasteiger partial charge < -0.3 is 4.98 Å². The quantitative estimate of drug-likeness (QED) is 0.381. The number of aromatic nitrogens is 6. The van der Waals surface area contributed by atoms with E-state index >= 15 is 0 Å². The summed E-state index contributed by atoms with van der Waals surface area (Å²) >= 11 is 0. The van der Waals surface area contributed by atoms with Gasteiger partial charge in [0.15, 0.2) is 0 Å². The van der Waals surface area contributed by atoms with Gasteiger partial charge >= 0.3 is 0 Å². The van der Waals surface area contributed by atoms with E-state index < -0.39 is 0 Å². The van der Waals surface area contributed by atoms with Crippen LogP contribution in [0.3, 0.4) is 0 Å². The Morgan fingerprint density at radius 2 is 1.70 bits per heavy atom. The number of hydrogen-bond donors (Lipinski definition) is 3. The van der Waals surface area contributed by atoms with Crippen LogP contribution in [0.5, 0.6) is 0 Å². The summed E-state index contributed by atoms with van der Waals surface area (Å²) < 4.78 is 13.4. The van der Waals surface area contributed by atoms with Crippen molar-refractivity contribution >= 4 is 21.9 Å². The van der Waals surface area contributed by atoms with E-state index in [-0.39, 0.29) is 5.82 Å². The summed E-state index contributed by atoms with van der Waals surface area (Å²) in [4.78, 5) is 7.85. The van der Waals surface area contributed by atoms with Crippen molar-refractivity contribution < 1.29 is 4.39 Å². The number of rotatable bonds is 3. The van der Waals surface area contributed by atoms with E-state index in [0.29, 0.717) is 0 Å². The molecule has 0 aliphatic rings. The number of hydrogen-bond acceptors (Lipinski definition) is 3. The van der Waals surface area contributed by atoms with Crippen LogP contribution in [-0.4, -0.2) is 30.4 Å². The van der Waals surface area contributed by atoms with E-state index in [1.807, 2.05) is 30.5 Å². The Bertz CT molecular complexity index is 1490. The van der Waals surface area contributed by atoms with Gasteiger partial charge in [-0.05, 0) is 53.1 Å². The Morgan fingerprint density at radius 1 is 0.833 bits per heavy atom. The van der Waals surface area contributed by atoms with Gasteiger partial charge in [-0.1, -0.05) is 18.2 Å². The number of pyridine rings is 1. The van der Waals surface area contributed by atoms with Crippen molar-refractivity contribution in [3.8, 4) is 33.6 Å². The number of H-pyrrole nitrogens is 3. The number of nitrogens with one attached hydrogen (secondary N) is 3. The molecule has 0 amide bonds. The van der Waals surface area contributed by atoms with E-state index in [1.54, 1.807) is 24.5 Å². The maximum Gasteiger partial charge on any atom is 0.138 e. The van der Waals surface area contributed by atoms with Crippen molar-refractivity contribution in [3.63, 3.8) is 0 Å². The molecular formula is C23H15FN6. The Labute approximate surface area is 169 Å². The second-order valence-electron chi connectivity index (χ2n) is 7.13. The van der Waals surface area contributed by atoms with Crippen molar-refractivity contribution in [2.45, 2.75) is 0 Å². The average Bonchev–Trinajstić information content (AvgIpc) is 3.52. The molecule has 0 saturated heterocycles. The fraction of sp³-hybridized carbons (Fsp3) is 0. The molecule has 0 spiro atoms. The van der Waals surface area contributed by atoms with Gasteiger partial charge in [0.2, 0.25) is 0 Å². The molecule has 0 aliphatic heterocycles. The molecule has 6 aromatic rings. The van der Waals surface area contributed by atoms with Crippen molar-refractivity contribution in [1.82, 2.24) is 30.4 Å². The third kappa shape index (κ3) is 2.60. The highest BCUT2D eigenvalue weighted by molar-refractivity contribution is 6.00. The maximum absolute atomic E-state index is 13.4. The number of benzene rings is 2. The molecule has 0 bridgehead atoms. The molecule has 30 heavy (non-hydrogen) atoms. The van der Waals surface area contributed by atoms with Crippen LogP contribution in [0.25, 0.3) is 55.6 Å². The van der Waals surface area contributed by atoms with Crippen molar-refractivity contribution in [2.24, 2.45) is 0 Å². The van der Waals surface area contributed by atoms with Gasteiger partial charge in [-0.2, -0.15) is 10.2 Å². The van der Waals surface area contributed by atoms with Crippen molar-refractivity contribution in [1.29, 1.82) is 0 Å². The van der Waals surface area contributed by atoms with Crippen LogP contribution in [0.15, 0.2) is 73.2 Å². The number of nitrogens with zero attached hydrogens (tertiary/aromatic N) is 3. The normalized spacial score (nSPS) is 11.5. The number of halogens is 1. The van der Waals surface area contributed by atoms with Crippen LogP contribution in [0, 0.1) is 5.82 Å². The summed E-state index contributed by atoms with van der Waals surface area (Å²) in [7, 11) is 0. The van der Waals surface area contributed by atoms with Crippen LogP contribution in [0.4, 0.5) is 4.39 Å². The first kappa shape index (κ1) is 16.7. The average molecular weight is 394 g/mol. The van der Waals surface area contributed by atoms with E-state index in [2.05, 4.69) is 36.4 Å². The Balaban J connectivity index is 1.52. The Morgan fingerprint density at radius 3 is 2.53 bits per heavy atom. The first-order valence-corrected chi connectivity index (χ1v) is 9.47. The molecule has 144 valence electrons. The second kappa shape index (κ2) is 6.38. The van der Waals surface area contributed by atoms with E-state index in [1.165, 1.54) is 12.1 Å². The fourth-order valence-corrected chi connectivity index (χ4v) is 3.84. The summed E-state index contributed by atoms with van der Waals surface area (Å²) in [6.07, 6.45) is 5.41. The molecule has 0 radical (unpaired) electrons. The van der Waals surface area contributed by atoms with Crippen LogP contribution in [0.1, 0.15) is 0 Å². The predicted octanol–water partition coefficient (Wildman–Crippen LogP) is 5.30. The largest absolute Gasteiger partial charge is 0.338 e. The lowest BCUT2D eigenvalue weighted by Gasteiger charge is -2.02. The zero-order chi connectivity index (χ0) is 20.1. The fourth-order valence-electron chi connectivity index (χ4n) is 3.84. The van der Waals surface area contributed by atoms with Gasteiger partial charge in [-0.15, -0.1) is 0 Å². The lowest BCUT2D eigenvalue weighted by molar-refractivity contribution is 0.628. The second-order valence-corrected chi connectivity index (χ2v) is 7.13. The SMILES string of the molecule is Fc1ccc(-c2ccnc3[nH]c(-c4n[nH]c5ccc(-c6cn[nH]c6)cc45)cc23)cc1. The highest BCUT2D eigenvalue weighted by Gasteiger charge is 2.15. The molecule has 4 aromatic heterocycles. The third-order valence-corrected chi connectivity index (χ3v) is 5.34. The molecule has 0 unspecified atom stereocenters. The molecule has 7 heteroatoms. The maximum atomic E-state index is 13.4. The zero-order valence-electron chi connectivity index (χ0n) is 15.6. The highest BCUT2D eigenvalue weighted by Crippen LogP contribution is 2.34. The first-order valence-electron chi connectivity index (χ1n) is 9.47. The molecular weight excluding hydrogens is 379 g/mol. The summed E-state index contributed by atoms with van der Waals surface area (Å²) in [5.74, 6) is -0.254. The van der Waals surface area contributed by atoms with Crippen LogP contribution in [0.2, 0.25) is 0 Å². The molecule has 6 rings (SSSR count). The van der Waals surface area contributed by atoms with Gasteiger partial charge in [0.25, 0.3) is 0 Å². The van der Waals surface area contributed by atoms with Gasteiger partial charge in [-0.25, -0.2) is 9.37 Å². The number of fused-ring (bicyclic) bond motifs is 2. The molecule has 3 N–H and O–H groups in total. The molecule has 4 heterocycles. The van der Waals surface area contributed by atoms with Crippen molar-refractivity contribution in [2.75, 3.05) is 0 Å². The Kier molecular flexibility index (Phi) is 3.55. The van der Waals surface area contributed by atoms with Gasteiger partial charge in [0, 0.05) is 28.7 Å². The Hall–Kier alpha value is -4.26.